The van der Waals surface area contributed by atoms with Crippen LogP contribution in [0.4, 0.5) is 0 Å². The van der Waals surface area contributed by atoms with Crippen molar-refractivity contribution in [3.63, 3.8) is 0 Å². The van der Waals surface area contributed by atoms with Crippen molar-refractivity contribution >= 4 is 21.5 Å². The van der Waals surface area contributed by atoms with Crippen LogP contribution in [0.3, 0.4) is 0 Å². The lowest BCUT2D eigenvalue weighted by Gasteiger charge is -2.14. The Kier molecular flexibility index (Phi) is 3.70. The van der Waals surface area contributed by atoms with Crippen LogP contribution in [0.2, 0.25) is 0 Å². The van der Waals surface area contributed by atoms with E-state index in [1.807, 2.05) is 0 Å². The van der Waals surface area contributed by atoms with Gasteiger partial charge in [0.15, 0.2) is 11.5 Å². The van der Waals surface area contributed by atoms with Crippen LogP contribution in [0.15, 0.2) is 42.5 Å². The molecule has 3 aromatic rings. The summed E-state index contributed by atoms with van der Waals surface area (Å²) in [4.78, 5) is 0. The molecular formula is C19H20O2. The molecule has 0 heterocycles. The third-order valence-corrected chi connectivity index (χ3v) is 3.97. The van der Waals surface area contributed by atoms with Crippen molar-refractivity contribution in [2.45, 2.75) is 19.8 Å². The van der Waals surface area contributed by atoms with Gasteiger partial charge in [-0.25, -0.2) is 0 Å². The highest BCUT2D eigenvalue weighted by molar-refractivity contribution is 6.10. The highest BCUT2D eigenvalue weighted by Gasteiger charge is 2.11. The van der Waals surface area contributed by atoms with E-state index >= 15 is 0 Å². The predicted molar refractivity (Wildman–Crippen MR) is 88.6 cm³/mol. The Morgan fingerprint density at radius 1 is 0.810 bits per heavy atom. The molecule has 0 aliphatic rings. The van der Waals surface area contributed by atoms with Gasteiger partial charge in [0.05, 0.1) is 14.2 Å². The lowest BCUT2D eigenvalue weighted by atomic mass is 9.94. The summed E-state index contributed by atoms with van der Waals surface area (Å²) in [5.74, 6) is 1.57. The van der Waals surface area contributed by atoms with Gasteiger partial charge < -0.3 is 9.47 Å². The average Bonchev–Trinajstić information content (AvgIpc) is 2.54. The minimum Gasteiger partial charge on any atom is -0.493 e. The van der Waals surface area contributed by atoms with Gasteiger partial charge in [-0.2, -0.15) is 0 Å². The predicted octanol–water partition coefficient (Wildman–Crippen LogP) is 4.96. The van der Waals surface area contributed by atoms with Gasteiger partial charge in [0.25, 0.3) is 0 Å². The molecule has 21 heavy (non-hydrogen) atoms. The second-order valence-corrected chi connectivity index (χ2v) is 5.26. The van der Waals surface area contributed by atoms with E-state index in [1.165, 1.54) is 27.1 Å². The van der Waals surface area contributed by atoms with Crippen LogP contribution in [0.5, 0.6) is 11.5 Å². The van der Waals surface area contributed by atoms with Crippen LogP contribution in [0.1, 0.15) is 18.9 Å². The molecule has 0 aliphatic heterocycles. The first-order valence-electron chi connectivity index (χ1n) is 7.34. The lowest BCUT2D eigenvalue weighted by molar-refractivity contribution is 0.356. The number of benzene rings is 3. The van der Waals surface area contributed by atoms with E-state index in [2.05, 4.69) is 49.4 Å². The maximum absolute atomic E-state index is 5.47. The second-order valence-electron chi connectivity index (χ2n) is 5.26. The summed E-state index contributed by atoms with van der Waals surface area (Å²) in [7, 11) is 3.37. The van der Waals surface area contributed by atoms with E-state index in [4.69, 9.17) is 9.47 Å². The molecule has 0 radical (unpaired) electrons. The summed E-state index contributed by atoms with van der Waals surface area (Å²) in [6, 6.07) is 15.0. The quantitative estimate of drug-likeness (QED) is 0.629. The zero-order valence-electron chi connectivity index (χ0n) is 12.8. The van der Waals surface area contributed by atoms with Crippen LogP contribution in [-0.4, -0.2) is 14.2 Å². The van der Waals surface area contributed by atoms with Gasteiger partial charge in [-0.3, -0.25) is 0 Å². The maximum Gasteiger partial charge on any atom is 0.161 e. The van der Waals surface area contributed by atoms with Crippen molar-refractivity contribution in [3.8, 4) is 11.5 Å². The smallest absolute Gasteiger partial charge is 0.161 e. The minimum absolute atomic E-state index is 0.781. The minimum atomic E-state index is 0.781. The molecule has 0 aliphatic carbocycles. The molecule has 0 fully saturated rings. The Hall–Kier alpha value is -2.22. The first-order chi connectivity index (χ1) is 10.3. The van der Waals surface area contributed by atoms with Crippen LogP contribution in [0.25, 0.3) is 21.5 Å². The number of hydrogen-bond donors (Lipinski definition) is 0. The van der Waals surface area contributed by atoms with Crippen LogP contribution in [-0.2, 0) is 6.42 Å². The third-order valence-electron chi connectivity index (χ3n) is 3.97. The molecule has 108 valence electrons. The molecule has 2 heteroatoms. The second kappa shape index (κ2) is 5.65. The summed E-state index contributed by atoms with van der Waals surface area (Å²) >= 11 is 0. The van der Waals surface area contributed by atoms with Gasteiger partial charge in [0.2, 0.25) is 0 Å². The van der Waals surface area contributed by atoms with Crippen LogP contribution < -0.4 is 9.47 Å². The fourth-order valence-electron chi connectivity index (χ4n) is 2.98. The number of rotatable bonds is 4. The van der Waals surface area contributed by atoms with Crippen molar-refractivity contribution < 1.29 is 9.47 Å². The summed E-state index contributed by atoms with van der Waals surface area (Å²) < 4.78 is 10.9. The molecule has 0 atom stereocenters. The number of fused-ring (bicyclic) bond motifs is 3. The Morgan fingerprint density at radius 2 is 1.48 bits per heavy atom. The van der Waals surface area contributed by atoms with Crippen molar-refractivity contribution in [2.75, 3.05) is 14.2 Å². The van der Waals surface area contributed by atoms with E-state index in [9.17, 15) is 0 Å². The SMILES string of the molecule is CCCc1cc2ccccc2c2cc(OC)c(OC)cc12. The van der Waals surface area contributed by atoms with Gasteiger partial charge in [-0.1, -0.05) is 43.7 Å². The Balaban J connectivity index is 2.43. The van der Waals surface area contributed by atoms with E-state index in [1.54, 1.807) is 14.2 Å². The first kappa shape index (κ1) is 13.7. The average molecular weight is 280 g/mol. The highest BCUT2D eigenvalue weighted by atomic mass is 16.5. The first-order valence-corrected chi connectivity index (χ1v) is 7.34. The maximum atomic E-state index is 5.47. The monoisotopic (exact) mass is 280 g/mol. The summed E-state index contributed by atoms with van der Waals surface area (Å²) in [5, 5.41) is 5.02. The fourth-order valence-corrected chi connectivity index (χ4v) is 2.98. The van der Waals surface area contributed by atoms with Gasteiger partial charge >= 0.3 is 0 Å². The van der Waals surface area contributed by atoms with Gasteiger partial charge in [-0.05, 0) is 45.7 Å². The third kappa shape index (κ3) is 2.31. The van der Waals surface area contributed by atoms with Gasteiger partial charge in [0, 0.05) is 0 Å². The molecule has 0 aromatic heterocycles. The fraction of sp³-hybridized carbons (Fsp3) is 0.263. The molecule has 0 N–H and O–H groups in total. The van der Waals surface area contributed by atoms with E-state index in [-0.39, 0.29) is 0 Å². The Bertz CT molecular complexity index is 790. The summed E-state index contributed by atoms with van der Waals surface area (Å²) in [5.41, 5.74) is 1.37. The largest absolute Gasteiger partial charge is 0.493 e. The van der Waals surface area contributed by atoms with E-state index < -0.39 is 0 Å². The molecule has 0 unspecified atom stereocenters. The number of hydrogen-bond acceptors (Lipinski definition) is 2. The molecule has 3 aromatic carbocycles. The van der Waals surface area contributed by atoms with Gasteiger partial charge in [0.1, 0.15) is 0 Å². The zero-order chi connectivity index (χ0) is 14.8. The molecule has 0 bridgehead atoms. The van der Waals surface area contributed by atoms with Crippen molar-refractivity contribution in [1.82, 2.24) is 0 Å². The number of methoxy groups -OCH3 is 2. The van der Waals surface area contributed by atoms with Crippen molar-refractivity contribution in [3.05, 3.63) is 48.0 Å². The molecular weight excluding hydrogens is 260 g/mol. The Labute approximate surface area is 125 Å². The topological polar surface area (TPSA) is 18.5 Å². The van der Waals surface area contributed by atoms with Crippen molar-refractivity contribution in [2.24, 2.45) is 0 Å². The summed E-state index contributed by atoms with van der Waals surface area (Å²) in [6.45, 7) is 2.21. The number of aryl methyl sites for hydroxylation is 1. The van der Waals surface area contributed by atoms with Crippen molar-refractivity contribution in [1.29, 1.82) is 0 Å². The van der Waals surface area contributed by atoms with Crippen LogP contribution >= 0.6 is 0 Å². The normalized spacial score (nSPS) is 11.0. The zero-order valence-corrected chi connectivity index (χ0v) is 12.8. The molecule has 3 rings (SSSR count). The molecule has 0 saturated heterocycles. The van der Waals surface area contributed by atoms with E-state index in [0.29, 0.717) is 0 Å². The molecule has 0 spiro atoms. The standard InChI is InChI=1S/C19H20O2/c1-4-7-13-10-14-8-5-6-9-15(14)17-12-19(21-3)18(20-2)11-16(13)17/h5-6,8-12H,4,7H2,1-3H3. The van der Waals surface area contributed by atoms with Crippen LogP contribution in [0, 0.1) is 0 Å². The number of ether oxygens (including phenoxy) is 2. The molecule has 0 saturated carbocycles. The molecule has 0 amide bonds. The Morgan fingerprint density at radius 3 is 2.14 bits per heavy atom. The van der Waals surface area contributed by atoms with Gasteiger partial charge in [-0.15, -0.1) is 0 Å². The summed E-state index contributed by atoms with van der Waals surface area (Å²) in [6.07, 6.45) is 2.19. The van der Waals surface area contributed by atoms with E-state index in [0.717, 1.165) is 24.3 Å². The highest BCUT2D eigenvalue weighted by Crippen LogP contribution is 2.37. The lowest BCUT2D eigenvalue weighted by Crippen LogP contribution is -1.94. The molecule has 2 nitrogen and oxygen atoms in total.